The lowest BCUT2D eigenvalue weighted by Crippen LogP contribution is -1.90. The molecule has 7 aromatic rings. The Kier molecular flexibility index (Phi) is 7.63. The van der Waals surface area contributed by atoms with E-state index in [9.17, 15) is 15.3 Å². The third kappa shape index (κ3) is 5.78. The Bertz CT molecular complexity index is 2710. The van der Waals surface area contributed by atoms with Crippen molar-refractivity contribution in [3.8, 4) is 67.5 Å². The SMILES string of the molecule is COc1ccc(-c2c3nc(c(-c4ccc(O)cc4)c4ccc([nH]4)c(-c4ccc(O)cc4)c4nc(c(-c5ccc(O)cc5)c5ccc2[nH]5)C=C4)C=C3)cc1. The van der Waals surface area contributed by atoms with Gasteiger partial charge in [-0.25, -0.2) is 9.97 Å². The highest BCUT2D eigenvalue weighted by Crippen LogP contribution is 2.39. The zero-order chi connectivity index (χ0) is 36.1. The topological polar surface area (TPSA) is 127 Å². The van der Waals surface area contributed by atoms with Gasteiger partial charge in [-0.1, -0.05) is 48.5 Å². The van der Waals surface area contributed by atoms with Crippen LogP contribution in [0.15, 0.2) is 121 Å². The number of aromatic nitrogens is 4. The molecule has 9 rings (SSSR count). The van der Waals surface area contributed by atoms with Crippen LogP contribution in [-0.2, 0) is 0 Å². The third-order valence-corrected chi connectivity index (χ3v) is 9.60. The Morgan fingerprint density at radius 1 is 0.377 bits per heavy atom. The summed E-state index contributed by atoms with van der Waals surface area (Å²) in [7, 11) is 1.65. The average molecular weight is 693 g/mol. The van der Waals surface area contributed by atoms with Crippen LogP contribution in [-0.4, -0.2) is 42.4 Å². The molecule has 0 amide bonds. The maximum atomic E-state index is 10.2. The van der Waals surface area contributed by atoms with Crippen molar-refractivity contribution in [3.05, 3.63) is 144 Å². The summed E-state index contributed by atoms with van der Waals surface area (Å²) in [6.45, 7) is 0. The number of methoxy groups -OCH3 is 1. The van der Waals surface area contributed by atoms with Crippen LogP contribution in [0.4, 0.5) is 0 Å². The molecule has 53 heavy (non-hydrogen) atoms. The first-order chi connectivity index (χ1) is 25.9. The van der Waals surface area contributed by atoms with Gasteiger partial charge in [0.25, 0.3) is 0 Å². The molecule has 0 saturated heterocycles. The number of benzene rings is 4. The number of hydrogen-bond donors (Lipinski definition) is 5. The highest BCUT2D eigenvalue weighted by atomic mass is 16.5. The maximum Gasteiger partial charge on any atom is 0.118 e. The van der Waals surface area contributed by atoms with Gasteiger partial charge < -0.3 is 30.0 Å². The minimum Gasteiger partial charge on any atom is -0.508 e. The molecule has 2 aliphatic rings. The van der Waals surface area contributed by atoms with Gasteiger partial charge in [0.15, 0.2) is 0 Å². The molecule has 0 saturated carbocycles. The van der Waals surface area contributed by atoms with E-state index in [4.69, 9.17) is 14.7 Å². The van der Waals surface area contributed by atoms with E-state index in [1.165, 1.54) is 0 Å². The zero-order valence-electron chi connectivity index (χ0n) is 28.5. The quantitative estimate of drug-likeness (QED) is 0.122. The number of H-pyrrole nitrogens is 2. The minimum absolute atomic E-state index is 0.170. The molecule has 0 aliphatic carbocycles. The Hall–Kier alpha value is -7.32. The Morgan fingerprint density at radius 3 is 0.906 bits per heavy atom. The predicted molar refractivity (Wildman–Crippen MR) is 212 cm³/mol. The van der Waals surface area contributed by atoms with Crippen molar-refractivity contribution >= 4 is 46.4 Å². The third-order valence-electron chi connectivity index (χ3n) is 9.60. The van der Waals surface area contributed by atoms with Gasteiger partial charge in [-0.15, -0.1) is 0 Å². The molecular formula is C45H32N4O4. The van der Waals surface area contributed by atoms with Crippen LogP contribution in [0, 0.1) is 0 Å². The summed E-state index contributed by atoms with van der Waals surface area (Å²) in [4.78, 5) is 17.9. The van der Waals surface area contributed by atoms with E-state index in [0.29, 0.717) is 0 Å². The van der Waals surface area contributed by atoms with Crippen LogP contribution in [0.3, 0.4) is 0 Å². The van der Waals surface area contributed by atoms with E-state index in [-0.39, 0.29) is 17.2 Å². The van der Waals surface area contributed by atoms with Crippen LogP contribution in [0.5, 0.6) is 23.0 Å². The summed E-state index contributed by atoms with van der Waals surface area (Å²) >= 11 is 0. The monoisotopic (exact) mass is 692 g/mol. The van der Waals surface area contributed by atoms with Gasteiger partial charge in [0, 0.05) is 44.3 Å². The molecule has 8 heteroatoms. The number of aromatic amines is 2. The number of fused-ring (bicyclic) bond motifs is 8. The first-order valence-electron chi connectivity index (χ1n) is 17.1. The second-order valence-corrected chi connectivity index (χ2v) is 12.9. The highest BCUT2D eigenvalue weighted by Gasteiger charge is 2.19. The van der Waals surface area contributed by atoms with Crippen molar-refractivity contribution in [1.82, 2.24) is 19.9 Å². The lowest BCUT2D eigenvalue weighted by molar-refractivity contribution is 0.415. The second kappa shape index (κ2) is 12.8. The zero-order valence-corrected chi connectivity index (χ0v) is 28.5. The number of ether oxygens (including phenoxy) is 1. The summed E-state index contributed by atoms with van der Waals surface area (Å²) < 4.78 is 5.49. The first-order valence-corrected chi connectivity index (χ1v) is 17.1. The number of rotatable bonds is 5. The van der Waals surface area contributed by atoms with Gasteiger partial charge in [0.1, 0.15) is 23.0 Å². The summed E-state index contributed by atoms with van der Waals surface area (Å²) in [5.74, 6) is 1.27. The van der Waals surface area contributed by atoms with E-state index in [1.807, 2.05) is 103 Å². The van der Waals surface area contributed by atoms with Crippen LogP contribution in [0.25, 0.3) is 90.9 Å². The Balaban J connectivity index is 1.46. The molecule has 8 bridgehead atoms. The van der Waals surface area contributed by atoms with Gasteiger partial charge in [0.05, 0.1) is 29.9 Å². The molecule has 5 N–H and O–H groups in total. The second-order valence-electron chi connectivity index (χ2n) is 12.9. The molecule has 0 fully saturated rings. The molecule has 8 nitrogen and oxygen atoms in total. The number of aromatic hydroxyl groups is 3. The number of phenolic OH excluding ortho intramolecular Hbond substituents is 3. The lowest BCUT2D eigenvalue weighted by Gasteiger charge is -2.07. The molecule has 2 aliphatic heterocycles. The molecule has 3 aromatic heterocycles. The molecule has 0 atom stereocenters. The maximum absolute atomic E-state index is 10.2. The van der Waals surface area contributed by atoms with Crippen LogP contribution < -0.4 is 4.74 Å². The largest absolute Gasteiger partial charge is 0.508 e. The molecule has 4 aromatic carbocycles. The van der Waals surface area contributed by atoms with E-state index in [0.717, 1.165) is 95.1 Å². The predicted octanol–water partition coefficient (Wildman–Crippen LogP) is 10.4. The Morgan fingerprint density at radius 2 is 0.642 bits per heavy atom. The fourth-order valence-corrected chi connectivity index (χ4v) is 7.06. The number of nitrogens with zero attached hydrogens (tertiary/aromatic N) is 2. The number of phenols is 3. The van der Waals surface area contributed by atoms with Crippen molar-refractivity contribution in [2.75, 3.05) is 7.11 Å². The summed E-state index contributed by atoms with van der Waals surface area (Å²) in [6.07, 6.45) is 8.06. The van der Waals surface area contributed by atoms with Crippen LogP contribution >= 0.6 is 0 Å². The standard InChI is InChI=1S/C45H32N4O4/c1-53-33-16-8-29(9-17-33)45-40-24-22-38(48-40)43(27-4-12-31(51)13-5-27)36-20-18-34(46-36)42(26-2-10-30(50)11-3-26)35-19-21-37(47-35)44(39-23-25-41(45)49-39)28-6-14-32(52)15-7-28/h2-25,46,49-52H,1H3. The first kappa shape index (κ1) is 31.6. The fourth-order valence-electron chi connectivity index (χ4n) is 7.06. The molecule has 256 valence electrons. The molecule has 0 radical (unpaired) electrons. The molecule has 0 unspecified atom stereocenters. The van der Waals surface area contributed by atoms with E-state index < -0.39 is 0 Å². The van der Waals surface area contributed by atoms with Gasteiger partial charge in [-0.05, 0) is 119 Å². The molecule has 5 heterocycles. The van der Waals surface area contributed by atoms with Crippen molar-refractivity contribution in [1.29, 1.82) is 0 Å². The van der Waals surface area contributed by atoms with Gasteiger partial charge in [-0.2, -0.15) is 0 Å². The van der Waals surface area contributed by atoms with Crippen molar-refractivity contribution in [2.24, 2.45) is 0 Å². The lowest BCUT2D eigenvalue weighted by atomic mass is 10.0. The van der Waals surface area contributed by atoms with E-state index in [2.05, 4.69) is 16.0 Å². The van der Waals surface area contributed by atoms with Gasteiger partial charge in [0.2, 0.25) is 0 Å². The van der Waals surface area contributed by atoms with Crippen molar-refractivity contribution < 1.29 is 20.1 Å². The van der Waals surface area contributed by atoms with E-state index in [1.54, 1.807) is 43.5 Å². The summed E-state index contributed by atoms with van der Waals surface area (Å²) in [6, 6.07) is 37.5. The van der Waals surface area contributed by atoms with Crippen molar-refractivity contribution in [3.63, 3.8) is 0 Å². The smallest absolute Gasteiger partial charge is 0.118 e. The normalized spacial score (nSPS) is 11.9. The van der Waals surface area contributed by atoms with Crippen molar-refractivity contribution in [2.45, 2.75) is 0 Å². The van der Waals surface area contributed by atoms with Crippen LogP contribution in [0.2, 0.25) is 0 Å². The van der Waals surface area contributed by atoms with Crippen LogP contribution in [0.1, 0.15) is 22.8 Å². The Labute approximate surface area is 304 Å². The number of hydrogen-bond acceptors (Lipinski definition) is 6. The van der Waals surface area contributed by atoms with Gasteiger partial charge >= 0.3 is 0 Å². The number of nitrogens with one attached hydrogen (secondary N) is 2. The highest BCUT2D eigenvalue weighted by molar-refractivity contribution is 5.99. The summed E-state index contributed by atoms with van der Waals surface area (Å²) in [5.41, 5.74) is 13.4. The average Bonchev–Trinajstić information content (AvgIpc) is 4.02. The summed E-state index contributed by atoms with van der Waals surface area (Å²) in [5, 5.41) is 30.6. The molecule has 0 spiro atoms. The minimum atomic E-state index is 0.170. The fraction of sp³-hybridized carbons (Fsp3) is 0.0222. The van der Waals surface area contributed by atoms with E-state index >= 15 is 0 Å². The van der Waals surface area contributed by atoms with Gasteiger partial charge in [-0.3, -0.25) is 0 Å². The molecular weight excluding hydrogens is 661 g/mol.